The topological polar surface area (TPSA) is 26.3 Å². The molecule has 92 valence electrons. The molecule has 0 aliphatic rings. The molecule has 2 aromatic carbocycles. The lowest BCUT2D eigenvalue weighted by molar-refractivity contribution is 0.112. The van der Waals surface area contributed by atoms with E-state index in [4.69, 9.17) is 27.9 Å². The van der Waals surface area contributed by atoms with Crippen LogP contribution in [0.2, 0.25) is 10.0 Å². The molecule has 0 atom stereocenters. The maximum absolute atomic E-state index is 13.2. The van der Waals surface area contributed by atoms with E-state index in [9.17, 15) is 9.18 Å². The molecule has 0 saturated carbocycles. The molecule has 0 aliphatic carbocycles. The van der Waals surface area contributed by atoms with E-state index < -0.39 is 5.82 Å². The Balaban J connectivity index is 2.36. The van der Waals surface area contributed by atoms with Gasteiger partial charge in [-0.05, 0) is 24.3 Å². The molecule has 0 radical (unpaired) electrons. The Morgan fingerprint density at radius 1 is 1.11 bits per heavy atom. The highest BCUT2D eigenvalue weighted by Crippen LogP contribution is 2.32. The first-order valence-corrected chi connectivity index (χ1v) is 5.73. The fourth-order valence-electron chi connectivity index (χ4n) is 1.39. The van der Waals surface area contributed by atoms with Crippen LogP contribution in [0.25, 0.3) is 0 Å². The van der Waals surface area contributed by atoms with Gasteiger partial charge in [0.05, 0.1) is 5.02 Å². The highest BCUT2D eigenvalue weighted by Gasteiger charge is 2.06. The number of hydrogen-bond acceptors (Lipinski definition) is 2. The molecule has 0 saturated heterocycles. The van der Waals surface area contributed by atoms with Gasteiger partial charge in [-0.15, -0.1) is 0 Å². The zero-order valence-corrected chi connectivity index (χ0v) is 10.5. The van der Waals surface area contributed by atoms with Crippen molar-refractivity contribution in [1.29, 1.82) is 0 Å². The van der Waals surface area contributed by atoms with Crippen LogP contribution in [0, 0.1) is 5.82 Å². The Morgan fingerprint density at radius 2 is 1.89 bits per heavy atom. The molecule has 0 N–H and O–H groups in total. The SMILES string of the molecule is O=Cc1cc(F)cc(Oc2cc(Cl)ccc2Cl)c1. The second-order valence-corrected chi connectivity index (χ2v) is 4.36. The third-order valence-electron chi connectivity index (χ3n) is 2.15. The summed E-state index contributed by atoms with van der Waals surface area (Å²) in [6, 6.07) is 8.37. The van der Waals surface area contributed by atoms with E-state index >= 15 is 0 Å². The van der Waals surface area contributed by atoms with Crippen molar-refractivity contribution in [3.05, 3.63) is 57.8 Å². The van der Waals surface area contributed by atoms with Crippen LogP contribution in [0.1, 0.15) is 10.4 Å². The van der Waals surface area contributed by atoms with Gasteiger partial charge in [-0.3, -0.25) is 4.79 Å². The molecular weight excluding hydrogens is 278 g/mol. The highest BCUT2D eigenvalue weighted by molar-refractivity contribution is 6.34. The minimum atomic E-state index is -0.562. The first-order chi connectivity index (χ1) is 8.58. The molecule has 0 fully saturated rings. The lowest BCUT2D eigenvalue weighted by atomic mass is 10.2. The van der Waals surface area contributed by atoms with Crippen molar-refractivity contribution in [1.82, 2.24) is 0 Å². The fourth-order valence-corrected chi connectivity index (χ4v) is 1.71. The van der Waals surface area contributed by atoms with Crippen molar-refractivity contribution in [3.8, 4) is 11.5 Å². The normalized spacial score (nSPS) is 10.2. The molecule has 0 heterocycles. The van der Waals surface area contributed by atoms with E-state index in [1.54, 1.807) is 12.1 Å². The van der Waals surface area contributed by atoms with Gasteiger partial charge in [-0.2, -0.15) is 0 Å². The summed E-state index contributed by atoms with van der Waals surface area (Å²) < 4.78 is 18.6. The van der Waals surface area contributed by atoms with Gasteiger partial charge in [0.2, 0.25) is 0 Å². The van der Waals surface area contributed by atoms with E-state index in [1.165, 1.54) is 12.1 Å². The number of carbonyl (C=O) groups is 1. The average Bonchev–Trinajstić information content (AvgIpc) is 2.33. The van der Waals surface area contributed by atoms with Crippen LogP contribution in [0.3, 0.4) is 0 Å². The number of rotatable bonds is 3. The maximum Gasteiger partial charge on any atom is 0.150 e. The fraction of sp³-hybridized carbons (Fsp3) is 0. The summed E-state index contributed by atoms with van der Waals surface area (Å²) in [6.45, 7) is 0. The number of carbonyl (C=O) groups excluding carboxylic acids is 1. The summed E-state index contributed by atoms with van der Waals surface area (Å²) >= 11 is 11.7. The van der Waals surface area contributed by atoms with Crippen LogP contribution in [0.5, 0.6) is 11.5 Å². The van der Waals surface area contributed by atoms with Crippen molar-refractivity contribution < 1.29 is 13.9 Å². The van der Waals surface area contributed by atoms with Gasteiger partial charge in [0.1, 0.15) is 23.6 Å². The van der Waals surface area contributed by atoms with Gasteiger partial charge in [-0.25, -0.2) is 4.39 Å². The second-order valence-electron chi connectivity index (χ2n) is 3.51. The van der Waals surface area contributed by atoms with Gasteiger partial charge < -0.3 is 4.74 Å². The molecule has 2 aromatic rings. The van der Waals surface area contributed by atoms with Crippen LogP contribution in [0.4, 0.5) is 4.39 Å². The van der Waals surface area contributed by atoms with Crippen molar-refractivity contribution in [2.24, 2.45) is 0 Å². The van der Waals surface area contributed by atoms with Gasteiger partial charge in [-0.1, -0.05) is 23.2 Å². The predicted octanol–water partition coefficient (Wildman–Crippen LogP) is 4.74. The van der Waals surface area contributed by atoms with Crippen LogP contribution in [-0.2, 0) is 0 Å². The average molecular weight is 285 g/mol. The Hall–Kier alpha value is -1.58. The summed E-state index contributed by atoms with van der Waals surface area (Å²) in [5.74, 6) is -0.0827. The standard InChI is InChI=1S/C13H7Cl2FO2/c14-9-1-2-12(15)13(5-9)18-11-4-8(7-17)3-10(16)6-11/h1-7H. The van der Waals surface area contributed by atoms with E-state index in [1.807, 2.05) is 0 Å². The molecule has 2 rings (SSSR count). The first kappa shape index (κ1) is 12.9. The van der Waals surface area contributed by atoms with E-state index in [0.29, 0.717) is 22.1 Å². The molecule has 0 unspecified atom stereocenters. The Kier molecular flexibility index (Phi) is 3.84. The minimum absolute atomic E-state index is 0.182. The minimum Gasteiger partial charge on any atom is -0.456 e. The quantitative estimate of drug-likeness (QED) is 0.761. The zero-order valence-electron chi connectivity index (χ0n) is 8.99. The highest BCUT2D eigenvalue weighted by atomic mass is 35.5. The molecule has 0 spiro atoms. The van der Waals surface area contributed by atoms with Crippen molar-refractivity contribution in [2.45, 2.75) is 0 Å². The van der Waals surface area contributed by atoms with Gasteiger partial charge in [0.25, 0.3) is 0 Å². The Bertz CT molecular complexity index is 600. The third-order valence-corrected chi connectivity index (χ3v) is 2.70. The molecule has 2 nitrogen and oxygen atoms in total. The van der Waals surface area contributed by atoms with E-state index in [-0.39, 0.29) is 11.3 Å². The summed E-state index contributed by atoms with van der Waals surface area (Å²) in [5, 5.41) is 0.790. The lowest BCUT2D eigenvalue weighted by Gasteiger charge is -2.08. The summed E-state index contributed by atoms with van der Waals surface area (Å²) in [5.41, 5.74) is 0.183. The molecule has 0 aromatic heterocycles. The number of hydrogen-bond donors (Lipinski definition) is 0. The molecule has 0 aliphatic heterocycles. The summed E-state index contributed by atoms with van der Waals surface area (Å²) in [7, 11) is 0. The van der Waals surface area contributed by atoms with Crippen LogP contribution in [0.15, 0.2) is 36.4 Å². The summed E-state index contributed by atoms with van der Waals surface area (Å²) in [4.78, 5) is 10.6. The lowest BCUT2D eigenvalue weighted by Crippen LogP contribution is -1.89. The Morgan fingerprint density at radius 3 is 2.61 bits per heavy atom. The summed E-state index contributed by atoms with van der Waals surface area (Å²) in [6.07, 6.45) is 0.537. The van der Waals surface area contributed by atoms with Crippen molar-refractivity contribution in [2.75, 3.05) is 0 Å². The van der Waals surface area contributed by atoms with Crippen molar-refractivity contribution >= 4 is 29.5 Å². The largest absolute Gasteiger partial charge is 0.456 e. The maximum atomic E-state index is 13.2. The number of benzene rings is 2. The number of ether oxygens (including phenoxy) is 1. The van der Waals surface area contributed by atoms with Gasteiger partial charge in [0.15, 0.2) is 0 Å². The van der Waals surface area contributed by atoms with Gasteiger partial charge >= 0.3 is 0 Å². The number of halogens is 3. The third kappa shape index (κ3) is 3.00. The molecule has 5 heteroatoms. The van der Waals surface area contributed by atoms with E-state index in [0.717, 1.165) is 12.1 Å². The molecule has 18 heavy (non-hydrogen) atoms. The molecule has 0 bridgehead atoms. The smallest absolute Gasteiger partial charge is 0.150 e. The molecular formula is C13H7Cl2FO2. The van der Waals surface area contributed by atoms with Crippen LogP contribution < -0.4 is 4.74 Å². The van der Waals surface area contributed by atoms with E-state index in [2.05, 4.69) is 0 Å². The first-order valence-electron chi connectivity index (χ1n) is 4.97. The molecule has 0 amide bonds. The number of aldehydes is 1. The van der Waals surface area contributed by atoms with Gasteiger partial charge in [0, 0.05) is 22.7 Å². The monoisotopic (exact) mass is 284 g/mol. The van der Waals surface area contributed by atoms with Crippen molar-refractivity contribution in [3.63, 3.8) is 0 Å². The Labute approximate surface area is 113 Å². The zero-order chi connectivity index (χ0) is 13.1. The van der Waals surface area contributed by atoms with Crippen LogP contribution >= 0.6 is 23.2 Å². The predicted molar refractivity (Wildman–Crippen MR) is 68.3 cm³/mol. The van der Waals surface area contributed by atoms with Crippen LogP contribution in [-0.4, -0.2) is 6.29 Å². The second kappa shape index (κ2) is 5.38.